The second-order valence-corrected chi connectivity index (χ2v) is 5.22. The number of benzene rings is 1. The minimum atomic E-state index is -0.159. The number of alkyl halides is 1. The van der Waals surface area contributed by atoms with E-state index >= 15 is 0 Å². The van der Waals surface area contributed by atoms with E-state index in [0.717, 1.165) is 26.9 Å². The highest BCUT2D eigenvalue weighted by molar-refractivity contribution is 9.10. The molecule has 0 atom stereocenters. The molecule has 100 valence electrons. The van der Waals surface area contributed by atoms with Crippen LogP contribution in [0.4, 0.5) is 5.69 Å². The number of carbonyl (C=O) groups excluding carboxylic acids is 1. The predicted molar refractivity (Wildman–Crippen MR) is 79.0 cm³/mol. The maximum Gasteiger partial charge on any atom is 0.241 e. The summed E-state index contributed by atoms with van der Waals surface area (Å²) in [5.74, 6) is 0.506. The molecule has 18 heavy (non-hydrogen) atoms. The first-order valence-electron chi connectivity index (χ1n) is 5.52. The number of halogens is 2. The van der Waals surface area contributed by atoms with E-state index in [-0.39, 0.29) is 11.8 Å². The Morgan fingerprint density at radius 2 is 1.83 bits per heavy atom. The molecule has 0 bridgehead atoms. The quantitative estimate of drug-likeness (QED) is 0.791. The Morgan fingerprint density at radius 3 is 2.28 bits per heavy atom. The number of ether oxygens (including phenoxy) is 1. The average molecular weight is 335 g/mol. The van der Waals surface area contributed by atoms with Gasteiger partial charge in [0.25, 0.3) is 0 Å². The minimum Gasteiger partial charge on any atom is -0.494 e. The number of nitrogens with zero attached hydrogens (tertiary/aromatic N) is 1. The third-order valence-electron chi connectivity index (χ3n) is 3.16. The molecule has 1 aromatic carbocycles. The molecule has 0 aliphatic carbocycles. The molecule has 0 unspecified atom stereocenters. The molecule has 0 fully saturated rings. The fraction of sp³-hybridized carbons (Fsp3) is 0.462. The van der Waals surface area contributed by atoms with Crippen LogP contribution in [0.1, 0.15) is 16.7 Å². The molecule has 0 heterocycles. The van der Waals surface area contributed by atoms with Gasteiger partial charge in [0.15, 0.2) is 0 Å². The number of hydrogen-bond acceptors (Lipinski definition) is 2. The highest BCUT2D eigenvalue weighted by Gasteiger charge is 2.22. The zero-order valence-corrected chi connectivity index (χ0v) is 13.6. The van der Waals surface area contributed by atoms with Gasteiger partial charge in [0, 0.05) is 11.5 Å². The van der Waals surface area contributed by atoms with Crippen LogP contribution < -0.4 is 9.64 Å². The van der Waals surface area contributed by atoms with Crippen molar-refractivity contribution in [3.8, 4) is 5.75 Å². The summed E-state index contributed by atoms with van der Waals surface area (Å²) in [7, 11) is 3.31. The Kier molecular flexibility index (Phi) is 5.05. The Morgan fingerprint density at radius 1 is 1.28 bits per heavy atom. The fourth-order valence-electron chi connectivity index (χ4n) is 1.94. The van der Waals surface area contributed by atoms with Gasteiger partial charge in [-0.2, -0.15) is 0 Å². The Bertz CT molecular complexity index is 489. The Balaban J connectivity index is 3.56. The summed E-state index contributed by atoms with van der Waals surface area (Å²) in [6, 6.07) is 0. The summed E-state index contributed by atoms with van der Waals surface area (Å²) in [6.45, 7) is 5.94. The van der Waals surface area contributed by atoms with Crippen molar-refractivity contribution in [1.82, 2.24) is 0 Å². The van der Waals surface area contributed by atoms with Crippen molar-refractivity contribution in [2.45, 2.75) is 20.8 Å². The lowest BCUT2D eigenvalue weighted by Gasteiger charge is -2.25. The molecule has 0 spiro atoms. The zero-order chi connectivity index (χ0) is 14.0. The molecule has 5 heteroatoms. The maximum absolute atomic E-state index is 11.8. The van der Waals surface area contributed by atoms with E-state index in [0.29, 0.717) is 5.75 Å². The van der Waals surface area contributed by atoms with Crippen molar-refractivity contribution in [2.75, 3.05) is 24.9 Å². The van der Waals surface area contributed by atoms with Gasteiger partial charge in [0.2, 0.25) is 5.91 Å². The van der Waals surface area contributed by atoms with Crippen LogP contribution in [0.5, 0.6) is 5.75 Å². The summed E-state index contributed by atoms with van der Waals surface area (Å²) >= 11 is 9.17. The predicted octanol–water partition coefficient (Wildman–Crippen LogP) is 3.58. The van der Waals surface area contributed by atoms with E-state index < -0.39 is 0 Å². The molecule has 0 aromatic heterocycles. The molecule has 0 radical (unpaired) electrons. The average Bonchev–Trinajstić information content (AvgIpc) is 2.38. The van der Waals surface area contributed by atoms with Crippen LogP contribution in [0, 0.1) is 20.8 Å². The van der Waals surface area contributed by atoms with Crippen LogP contribution in [0.25, 0.3) is 0 Å². The Labute approximate surface area is 121 Å². The molecule has 0 aliphatic heterocycles. The van der Waals surface area contributed by atoms with E-state index in [1.165, 1.54) is 0 Å². The first-order chi connectivity index (χ1) is 8.36. The lowest BCUT2D eigenvalue weighted by molar-refractivity contribution is -0.116. The highest BCUT2D eigenvalue weighted by Crippen LogP contribution is 2.41. The van der Waals surface area contributed by atoms with E-state index in [9.17, 15) is 4.79 Å². The van der Waals surface area contributed by atoms with Gasteiger partial charge in [0.1, 0.15) is 11.6 Å². The largest absolute Gasteiger partial charge is 0.494 e. The first kappa shape index (κ1) is 15.3. The van der Waals surface area contributed by atoms with Crippen molar-refractivity contribution in [1.29, 1.82) is 0 Å². The summed E-state index contributed by atoms with van der Waals surface area (Å²) in [5.41, 5.74) is 3.85. The number of anilines is 1. The zero-order valence-electron chi connectivity index (χ0n) is 11.2. The summed E-state index contributed by atoms with van der Waals surface area (Å²) in [5, 5.41) is 0. The van der Waals surface area contributed by atoms with Crippen LogP contribution in [0.2, 0.25) is 0 Å². The molecule has 1 amide bonds. The van der Waals surface area contributed by atoms with E-state index in [1.54, 1.807) is 19.1 Å². The lowest BCUT2D eigenvalue weighted by atomic mass is 10.0. The lowest BCUT2D eigenvalue weighted by Crippen LogP contribution is -2.28. The van der Waals surface area contributed by atoms with Gasteiger partial charge < -0.3 is 9.64 Å². The summed E-state index contributed by atoms with van der Waals surface area (Å²) in [6.07, 6.45) is 0. The van der Waals surface area contributed by atoms with Crippen molar-refractivity contribution in [3.05, 3.63) is 21.2 Å². The molecule has 0 saturated heterocycles. The highest BCUT2D eigenvalue weighted by atomic mass is 79.9. The van der Waals surface area contributed by atoms with Gasteiger partial charge in [-0.15, -0.1) is 11.6 Å². The van der Waals surface area contributed by atoms with Crippen LogP contribution in [-0.4, -0.2) is 25.9 Å². The number of hydrogen-bond donors (Lipinski definition) is 0. The van der Waals surface area contributed by atoms with Crippen LogP contribution in [0.15, 0.2) is 4.47 Å². The molecule has 3 nitrogen and oxygen atoms in total. The van der Waals surface area contributed by atoms with Crippen molar-refractivity contribution in [2.24, 2.45) is 0 Å². The van der Waals surface area contributed by atoms with Gasteiger partial charge in [-0.1, -0.05) is 15.9 Å². The van der Waals surface area contributed by atoms with E-state index in [2.05, 4.69) is 15.9 Å². The van der Waals surface area contributed by atoms with Crippen molar-refractivity contribution in [3.63, 3.8) is 0 Å². The SMILES string of the molecule is COc1c(C)c(C)c(Br)c(C)c1N(C)C(=O)CCl. The number of amides is 1. The first-order valence-corrected chi connectivity index (χ1v) is 6.85. The van der Waals surface area contributed by atoms with Gasteiger partial charge in [-0.3, -0.25) is 4.79 Å². The molecule has 1 aromatic rings. The number of carbonyl (C=O) groups is 1. The minimum absolute atomic E-state index is 0.0519. The van der Waals surface area contributed by atoms with Gasteiger partial charge >= 0.3 is 0 Å². The monoisotopic (exact) mass is 333 g/mol. The standard InChI is InChI=1S/C13H17BrClNO2/c1-7-8(2)13(18-5)12(9(3)11(7)14)16(4)10(17)6-15/h6H2,1-5H3. The van der Waals surface area contributed by atoms with Crippen LogP contribution in [-0.2, 0) is 4.79 Å². The molecule has 0 saturated carbocycles. The smallest absolute Gasteiger partial charge is 0.241 e. The molecule has 0 aliphatic rings. The molecular formula is C13H17BrClNO2. The molecule has 0 N–H and O–H groups in total. The third kappa shape index (κ3) is 2.50. The molecular weight excluding hydrogens is 318 g/mol. The second kappa shape index (κ2) is 5.93. The Hall–Kier alpha value is -0.740. The fourth-order valence-corrected chi connectivity index (χ4v) is 2.60. The maximum atomic E-state index is 11.8. The van der Waals surface area contributed by atoms with Crippen molar-refractivity contribution >= 4 is 39.1 Å². The topological polar surface area (TPSA) is 29.5 Å². The second-order valence-electron chi connectivity index (χ2n) is 4.16. The van der Waals surface area contributed by atoms with Gasteiger partial charge in [-0.05, 0) is 37.5 Å². The van der Waals surface area contributed by atoms with Crippen molar-refractivity contribution < 1.29 is 9.53 Å². The summed E-state index contributed by atoms with van der Waals surface area (Å²) < 4.78 is 6.44. The van der Waals surface area contributed by atoms with Gasteiger partial charge in [-0.25, -0.2) is 0 Å². The normalized spacial score (nSPS) is 10.4. The van der Waals surface area contributed by atoms with Crippen LogP contribution in [0.3, 0.4) is 0 Å². The van der Waals surface area contributed by atoms with Crippen LogP contribution >= 0.6 is 27.5 Å². The van der Waals surface area contributed by atoms with E-state index in [4.69, 9.17) is 16.3 Å². The third-order valence-corrected chi connectivity index (χ3v) is 4.58. The summed E-state index contributed by atoms with van der Waals surface area (Å²) in [4.78, 5) is 13.3. The number of rotatable bonds is 3. The number of methoxy groups -OCH3 is 1. The van der Waals surface area contributed by atoms with E-state index in [1.807, 2.05) is 20.8 Å². The van der Waals surface area contributed by atoms with Gasteiger partial charge in [0.05, 0.1) is 12.8 Å². The molecule has 1 rings (SSSR count).